The van der Waals surface area contributed by atoms with E-state index in [0.29, 0.717) is 16.9 Å². The summed E-state index contributed by atoms with van der Waals surface area (Å²) < 4.78 is 5.68. The predicted molar refractivity (Wildman–Crippen MR) is 107 cm³/mol. The Morgan fingerprint density at radius 3 is 2.60 bits per heavy atom. The summed E-state index contributed by atoms with van der Waals surface area (Å²) in [5.74, 6) is 0.0597. The Bertz CT molecular complexity index is 1300. The van der Waals surface area contributed by atoms with Gasteiger partial charge in [-0.05, 0) is 30.3 Å². The van der Waals surface area contributed by atoms with E-state index in [4.69, 9.17) is 5.11 Å². The van der Waals surface area contributed by atoms with Crippen molar-refractivity contribution in [2.75, 3.05) is 10.6 Å². The van der Waals surface area contributed by atoms with Crippen molar-refractivity contribution in [1.29, 1.82) is 0 Å². The number of anilines is 2. The minimum Gasteiger partial charge on any atom is -0.449 e. The fourth-order valence-electron chi connectivity index (χ4n) is 2.70. The van der Waals surface area contributed by atoms with E-state index >= 15 is 0 Å². The summed E-state index contributed by atoms with van der Waals surface area (Å²) in [5, 5.41) is 18.1. The molecule has 2 aromatic heterocycles. The number of aromatic nitrogens is 4. The molecule has 0 fully saturated rings. The molecule has 11 nitrogen and oxygen atoms in total. The Balaban J connectivity index is 1.56. The molecular weight excluding hydrogens is 392 g/mol. The van der Waals surface area contributed by atoms with E-state index in [1.54, 1.807) is 36.4 Å². The first-order valence-electron chi connectivity index (χ1n) is 8.61. The van der Waals surface area contributed by atoms with Gasteiger partial charge in [0, 0.05) is 11.4 Å². The van der Waals surface area contributed by atoms with Crippen LogP contribution in [0.4, 0.5) is 21.0 Å². The van der Waals surface area contributed by atoms with Crippen molar-refractivity contribution in [1.82, 2.24) is 19.7 Å². The van der Waals surface area contributed by atoms with Gasteiger partial charge in [0.2, 0.25) is 5.95 Å². The molecule has 0 radical (unpaired) electrons. The first-order chi connectivity index (χ1) is 14.5. The van der Waals surface area contributed by atoms with Crippen LogP contribution in [0.15, 0.2) is 65.7 Å². The highest BCUT2D eigenvalue weighted by atomic mass is 16.7. The van der Waals surface area contributed by atoms with Gasteiger partial charge in [-0.3, -0.25) is 9.78 Å². The third kappa shape index (κ3) is 4.09. The van der Waals surface area contributed by atoms with Crippen LogP contribution in [0, 0.1) is 0 Å². The lowest BCUT2D eigenvalue weighted by atomic mass is 10.2. The molecule has 0 unspecified atom stereocenters. The summed E-state index contributed by atoms with van der Waals surface area (Å²) >= 11 is 0. The summed E-state index contributed by atoms with van der Waals surface area (Å²) in [6.07, 6.45) is 0.963. The summed E-state index contributed by atoms with van der Waals surface area (Å²) in [5.41, 5.74) is 0.940. The molecule has 4 rings (SSSR count). The van der Waals surface area contributed by atoms with E-state index in [1.165, 1.54) is 23.1 Å². The summed E-state index contributed by atoms with van der Waals surface area (Å²) in [7, 11) is 0. The molecule has 2 heterocycles. The molecule has 0 saturated carbocycles. The Labute approximate surface area is 167 Å². The van der Waals surface area contributed by atoms with Crippen LogP contribution >= 0.6 is 0 Å². The molecule has 0 spiro atoms. The summed E-state index contributed by atoms with van der Waals surface area (Å²) in [6.45, 7) is 0. The Morgan fingerprint density at radius 1 is 1.07 bits per heavy atom. The second-order valence-electron chi connectivity index (χ2n) is 6.06. The van der Waals surface area contributed by atoms with Crippen molar-refractivity contribution in [2.45, 2.75) is 0 Å². The number of carboxylic acid groups (broad SMARTS) is 1. The molecule has 0 bridgehead atoms. The van der Waals surface area contributed by atoms with E-state index in [2.05, 4.69) is 30.4 Å². The Hall–Kier alpha value is -4.67. The molecule has 0 aliphatic rings. The zero-order valence-electron chi connectivity index (χ0n) is 15.2. The number of aromatic amines is 1. The van der Waals surface area contributed by atoms with E-state index < -0.39 is 17.7 Å². The summed E-state index contributed by atoms with van der Waals surface area (Å²) in [6, 6.07) is 13.1. The normalized spacial score (nSPS) is 10.5. The molecule has 150 valence electrons. The number of carbonyl (C=O) groups is 2. The molecule has 4 N–H and O–H groups in total. The highest BCUT2D eigenvalue weighted by molar-refractivity contribution is 6.00. The number of urea groups is 1. The van der Waals surface area contributed by atoms with Gasteiger partial charge in [0.25, 0.3) is 5.56 Å². The van der Waals surface area contributed by atoms with Gasteiger partial charge >= 0.3 is 12.2 Å². The standard InChI is InChI=1S/C19H14N6O5/c26-16-14-8-12(22-18(27)21-11-4-2-1-3-5-11)6-7-15(14)23-17(24-16)25-10-13(9-20-25)30-19(28)29/h1-10H,(H,28,29)(H2,21,22,27)(H,23,24,26). The average molecular weight is 406 g/mol. The topological polar surface area (TPSA) is 151 Å². The summed E-state index contributed by atoms with van der Waals surface area (Å²) in [4.78, 5) is 42.1. The van der Waals surface area contributed by atoms with E-state index in [1.807, 2.05) is 6.07 Å². The van der Waals surface area contributed by atoms with Gasteiger partial charge in [0.1, 0.15) is 0 Å². The number of nitrogens with one attached hydrogen (secondary N) is 3. The second-order valence-corrected chi connectivity index (χ2v) is 6.06. The number of H-pyrrole nitrogens is 1. The van der Waals surface area contributed by atoms with Crippen molar-refractivity contribution >= 4 is 34.5 Å². The number of hydrogen-bond acceptors (Lipinski definition) is 6. The maximum absolute atomic E-state index is 12.5. The zero-order valence-corrected chi connectivity index (χ0v) is 15.2. The smallest absolute Gasteiger partial charge is 0.449 e. The number of nitrogens with zero attached hydrogens (tertiary/aromatic N) is 3. The van der Waals surface area contributed by atoms with Crippen LogP contribution in [-0.4, -0.2) is 37.0 Å². The largest absolute Gasteiger partial charge is 0.511 e. The van der Waals surface area contributed by atoms with Crippen molar-refractivity contribution < 1.29 is 19.4 Å². The lowest BCUT2D eigenvalue weighted by Gasteiger charge is -2.08. The number of ether oxygens (including phenoxy) is 1. The Morgan fingerprint density at radius 2 is 1.83 bits per heavy atom. The molecule has 2 amide bonds. The Kier molecular flexibility index (Phi) is 4.83. The quantitative estimate of drug-likeness (QED) is 0.380. The van der Waals surface area contributed by atoms with Gasteiger partial charge in [0.15, 0.2) is 5.75 Å². The first-order valence-corrected chi connectivity index (χ1v) is 8.61. The maximum atomic E-state index is 12.5. The molecule has 0 aliphatic heterocycles. The molecule has 4 aromatic rings. The highest BCUT2D eigenvalue weighted by Crippen LogP contribution is 2.17. The predicted octanol–water partition coefficient (Wildman–Crippen LogP) is 2.81. The minimum atomic E-state index is -1.48. The lowest BCUT2D eigenvalue weighted by Crippen LogP contribution is -2.20. The van der Waals surface area contributed by atoms with Crippen LogP contribution in [-0.2, 0) is 0 Å². The zero-order chi connectivity index (χ0) is 21.1. The fourth-order valence-corrected chi connectivity index (χ4v) is 2.70. The molecule has 0 atom stereocenters. The number of para-hydroxylation sites is 1. The highest BCUT2D eigenvalue weighted by Gasteiger charge is 2.11. The van der Waals surface area contributed by atoms with Crippen molar-refractivity contribution in [3.8, 4) is 11.7 Å². The van der Waals surface area contributed by atoms with Crippen molar-refractivity contribution in [3.63, 3.8) is 0 Å². The number of hydrogen-bond donors (Lipinski definition) is 4. The molecule has 2 aromatic carbocycles. The lowest BCUT2D eigenvalue weighted by molar-refractivity contribution is 0.144. The average Bonchev–Trinajstić information content (AvgIpc) is 3.17. The number of fused-ring (bicyclic) bond motifs is 1. The maximum Gasteiger partial charge on any atom is 0.511 e. The third-order valence-corrected chi connectivity index (χ3v) is 3.96. The van der Waals surface area contributed by atoms with Gasteiger partial charge < -0.3 is 20.5 Å². The van der Waals surface area contributed by atoms with Gasteiger partial charge in [-0.1, -0.05) is 18.2 Å². The number of rotatable bonds is 4. The first kappa shape index (κ1) is 18.7. The van der Waals surface area contributed by atoms with Crippen LogP contribution in [0.2, 0.25) is 0 Å². The minimum absolute atomic E-state index is 0.0192. The van der Waals surface area contributed by atoms with Crippen LogP contribution in [0.25, 0.3) is 16.9 Å². The van der Waals surface area contributed by atoms with E-state index in [9.17, 15) is 14.4 Å². The van der Waals surface area contributed by atoms with Crippen molar-refractivity contribution in [2.24, 2.45) is 0 Å². The number of benzene rings is 2. The van der Waals surface area contributed by atoms with Crippen LogP contribution in [0.1, 0.15) is 0 Å². The second kappa shape index (κ2) is 7.75. The monoisotopic (exact) mass is 406 g/mol. The molecule has 11 heteroatoms. The van der Waals surface area contributed by atoms with Crippen LogP contribution < -0.4 is 20.9 Å². The van der Waals surface area contributed by atoms with Gasteiger partial charge in [-0.15, -0.1) is 0 Å². The van der Waals surface area contributed by atoms with Gasteiger partial charge in [0.05, 0.1) is 23.3 Å². The number of amides is 2. The van der Waals surface area contributed by atoms with E-state index in [0.717, 1.165) is 0 Å². The SMILES string of the molecule is O=C(Nc1ccccc1)Nc1ccc2nc(-n3cc(OC(=O)O)cn3)[nH]c(=O)c2c1. The van der Waals surface area contributed by atoms with Crippen LogP contribution in [0.5, 0.6) is 5.75 Å². The van der Waals surface area contributed by atoms with Gasteiger partial charge in [-0.25, -0.2) is 19.3 Å². The molecular formula is C19H14N6O5. The fraction of sp³-hybridized carbons (Fsp3) is 0. The molecule has 0 aliphatic carbocycles. The third-order valence-electron chi connectivity index (χ3n) is 3.96. The number of carbonyl (C=O) groups excluding carboxylic acids is 1. The van der Waals surface area contributed by atoms with E-state index in [-0.39, 0.29) is 17.1 Å². The van der Waals surface area contributed by atoms with Crippen molar-refractivity contribution in [3.05, 3.63) is 71.3 Å². The van der Waals surface area contributed by atoms with Crippen LogP contribution in [0.3, 0.4) is 0 Å². The van der Waals surface area contributed by atoms with Gasteiger partial charge in [-0.2, -0.15) is 5.10 Å². The molecule has 0 saturated heterocycles. The molecule has 30 heavy (non-hydrogen) atoms.